The monoisotopic (exact) mass is 527 g/mol. The lowest BCUT2D eigenvalue weighted by molar-refractivity contribution is -0.0390. The minimum Gasteiger partial charge on any atom is -0.381 e. The molecular weight excluding hydrogens is 496 g/mol. The molecule has 13 heteroatoms. The molecule has 0 aliphatic carbocycles. The summed E-state index contributed by atoms with van der Waals surface area (Å²) in [7, 11) is 2.15. The SMILES string of the molecule is CN1CC2CN(C(O)C3CCN(c4c(F)cncc4NC(=O)c4c(N)nn5cc(F)cnc45)CC3)CC2C1. The van der Waals surface area contributed by atoms with Crippen molar-refractivity contribution in [1.29, 1.82) is 0 Å². The number of nitrogens with one attached hydrogen (secondary N) is 1. The van der Waals surface area contributed by atoms with Crippen molar-refractivity contribution < 1.29 is 18.7 Å². The number of rotatable bonds is 5. The molecule has 6 rings (SSSR count). The first-order chi connectivity index (χ1) is 18.3. The Hall–Kier alpha value is -3.42. The first-order valence-corrected chi connectivity index (χ1v) is 12.9. The number of aliphatic hydroxyl groups is 1. The summed E-state index contributed by atoms with van der Waals surface area (Å²) >= 11 is 0. The lowest BCUT2D eigenvalue weighted by Crippen LogP contribution is -2.46. The number of nitrogens with two attached hydrogens (primary N) is 1. The van der Waals surface area contributed by atoms with Crippen LogP contribution in [-0.4, -0.2) is 92.9 Å². The van der Waals surface area contributed by atoms with E-state index in [1.54, 1.807) is 0 Å². The fourth-order valence-corrected chi connectivity index (χ4v) is 6.37. The molecule has 11 nitrogen and oxygen atoms in total. The van der Waals surface area contributed by atoms with Crippen LogP contribution < -0.4 is 16.0 Å². The standard InChI is InChI=1S/C25H31F2N9O2/c1-33-9-15-11-35(12-16(15)10-33)25(38)14-2-4-34(5-3-14)21-18(27)7-29-8-19(21)31-24(37)20-22(28)32-36-13-17(26)6-30-23(20)36/h6-8,13-16,25,38H,2-5,9-12H2,1H3,(H2,28,32)(H,31,37). The Morgan fingerprint density at radius 2 is 1.84 bits per heavy atom. The summed E-state index contributed by atoms with van der Waals surface area (Å²) in [5, 5.41) is 17.8. The molecule has 0 aromatic carbocycles. The Kier molecular flexibility index (Phi) is 6.36. The molecule has 0 radical (unpaired) electrons. The van der Waals surface area contributed by atoms with Crippen LogP contribution in [0.15, 0.2) is 24.8 Å². The molecule has 0 bridgehead atoms. The third-order valence-electron chi connectivity index (χ3n) is 8.16. The molecule has 3 saturated heterocycles. The van der Waals surface area contributed by atoms with E-state index in [1.807, 2.05) is 4.90 Å². The highest BCUT2D eigenvalue weighted by Gasteiger charge is 2.42. The van der Waals surface area contributed by atoms with Crippen LogP contribution in [0.5, 0.6) is 0 Å². The van der Waals surface area contributed by atoms with E-state index in [-0.39, 0.29) is 34.3 Å². The zero-order chi connectivity index (χ0) is 26.6. The Labute approximate surface area is 218 Å². The fraction of sp³-hybridized carbons (Fsp3) is 0.520. The summed E-state index contributed by atoms with van der Waals surface area (Å²) in [6.45, 7) is 5.04. The number of fused-ring (bicyclic) bond motifs is 2. The van der Waals surface area contributed by atoms with Crippen LogP contribution in [0, 0.1) is 29.4 Å². The summed E-state index contributed by atoms with van der Waals surface area (Å²) in [5.74, 6) is -0.648. The highest BCUT2D eigenvalue weighted by atomic mass is 19.1. The molecule has 3 atom stereocenters. The number of anilines is 3. The molecule has 3 aliphatic heterocycles. The van der Waals surface area contributed by atoms with Gasteiger partial charge in [-0.1, -0.05) is 0 Å². The predicted molar refractivity (Wildman–Crippen MR) is 136 cm³/mol. The number of likely N-dealkylation sites (tertiary alicyclic amines) is 2. The van der Waals surface area contributed by atoms with Crippen molar-refractivity contribution in [2.75, 3.05) is 62.3 Å². The first kappa shape index (κ1) is 24.9. The van der Waals surface area contributed by atoms with Gasteiger partial charge < -0.3 is 26.0 Å². The van der Waals surface area contributed by atoms with Crippen molar-refractivity contribution in [1.82, 2.24) is 29.4 Å². The van der Waals surface area contributed by atoms with Crippen LogP contribution >= 0.6 is 0 Å². The van der Waals surface area contributed by atoms with Crippen LogP contribution in [0.25, 0.3) is 5.65 Å². The average Bonchev–Trinajstić information content (AvgIpc) is 3.53. The summed E-state index contributed by atoms with van der Waals surface area (Å²) in [6.07, 6.45) is 5.40. The molecule has 6 heterocycles. The van der Waals surface area contributed by atoms with Gasteiger partial charge in [-0.15, -0.1) is 5.10 Å². The topological polar surface area (TPSA) is 128 Å². The molecule has 38 heavy (non-hydrogen) atoms. The normalized spacial score (nSPS) is 23.7. The lowest BCUT2D eigenvalue weighted by atomic mass is 9.93. The van der Waals surface area contributed by atoms with E-state index >= 15 is 4.39 Å². The quantitative estimate of drug-likeness (QED) is 0.449. The molecule has 0 saturated carbocycles. The predicted octanol–water partition coefficient (Wildman–Crippen LogP) is 1.27. The van der Waals surface area contributed by atoms with Gasteiger partial charge in [-0.2, -0.15) is 0 Å². The van der Waals surface area contributed by atoms with Crippen LogP contribution in [0.3, 0.4) is 0 Å². The molecule has 0 spiro atoms. The molecule has 3 aliphatic rings. The van der Waals surface area contributed by atoms with Gasteiger partial charge in [-0.05, 0) is 31.7 Å². The number of hydrogen-bond acceptors (Lipinski definition) is 9. The summed E-state index contributed by atoms with van der Waals surface area (Å²) in [4.78, 5) is 27.4. The summed E-state index contributed by atoms with van der Waals surface area (Å²) < 4.78 is 29.7. The molecule has 3 aromatic heterocycles. The van der Waals surface area contributed by atoms with Gasteiger partial charge >= 0.3 is 0 Å². The number of halogens is 2. The maximum atomic E-state index is 15.1. The van der Waals surface area contributed by atoms with Crippen molar-refractivity contribution in [3.8, 4) is 0 Å². The number of carbonyl (C=O) groups excluding carboxylic acids is 1. The Morgan fingerprint density at radius 1 is 1.13 bits per heavy atom. The summed E-state index contributed by atoms with van der Waals surface area (Å²) in [6, 6.07) is 0. The maximum absolute atomic E-state index is 15.1. The van der Waals surface area contributed by atoms with Crippen LogP contribution in [0.4, 0.5) is 26.0 Å². The number of pyridine rings is 1. The van der Waals surface area contributed by atoms with Gasteiger partial charge in [0.15, 0.2) is 23.1 Å². The first-order valence-electron chi connectivity index (χ1n) is 12.9. The highest BCUT2D eigenvalue weighted by Crippen LogP contribution is 2.36. The molecule has 4 N–H and O–H groups in total. The third kappa shape index (κ3) is 4.44. The number of amides is 1. The van der Waals surface area contributed by atoms with Gasteiger partial charge in [-0.25, -0.2) is 18.3 Å². The number of nitrogen functional groups attached to an aromatic ring is 1. The van der Waals surface area contributed by atoms with E-state index in [4.69, 9.17) is 5.73 Å². The lowest BCUT2D eigenvalue weighted by Gasteiger charge is -2.39. The minimum atomic E-state index is -0.652. The highest BCUT2D eigenvalue weighted by molar-refractivity contribution is 6.12. The number of aromatic nitrogens is 4. The van der Waals surface area contributed by atoms with E-state index in [0.29, 0.717) is 37.8 Å². The second-order valence-corrected chi connectivity index (χ2v) is 10.7. The van der Waals surface area contributed by atoms with Crippen molar-refractivity contribution in [2.45, 2.75) is 19.1 Å². The van der Waals surface area contributed by atoms with E-state index in [0.717, 1.165) is 49.3 Å². The van der Waals surface area contributed by atoms with E-state index in [9.17, 15) is 14.3 Å². The Bertz CT molecular complexity index is 1350. The second kappa shape index (κ2) is 9.71. The van der Waals surface area contributed by atoms with Crippen LogP contribution in [0.1, 0.15) is 23.2 Å². The zero-order valence-electron chi connectivity index (χ0n) is 21.1. The number of carbonyl (C=O) groups is 1. The number of hydrogen-bond donors (Lipinski definition) is 3. The van der Waals surface area contributed by atoms with Gasteiger partial charge in [0, 0.05) is 45.2 Å². The van der Waals surface area contributed by atoms with Gasteiger partial charge in [0.2, 0.25) is 0 Å². The molecule has 3 fully saturated rings. The number of aliphatic hydroxyl groups excluding tert-OH is 1. The average molecular weight is 528 g/mol. The summed E-state index contributed by atoms with van der Waals surface area (Å²) in [5.41, 5.74) is 6.38. The van der Waals surface area contributed by atoms with E-state index in [2.05, 4.69) is 37.2 Å². The van der Waals surface area contributed by atoms with Crippen LogP contribution in [0.2, 0.25) is 0 Å². The van der Waals surface area contributed by atoms with Gasteiger partial charge in [0.05, 0.1) is 30.5 Å². The second-order valence-electron chi connectivity index (χ2n) is 10.7. The van der Waals surface area contributed by atoms with Crippen molar-refractivity contribution >= 4 is 28.7 Å². The van der Waals surface area contributed by atoms with E-state index < -0.39 is 23.8 Å². The molecular formula is C25H31F2N9O2. The number of nitrogens with zero attached hydrogens (tertiary/aromatic N) is 7. The molecule has 1 amide bonds. The Morgan fingerprint density at radius 3 is 2.55 bits per heavy atom. The van der Waals surface area contributed by atoms with Crippen molar-refractivity contribution in [2.24, 2.45) is 17.8 Å². The number of piperidine rings is 1. The fourth-order valence-electron chi connectivity index (χ4n) is 6.37. The van der Waals surface area contributed by atoms with Crippen molar-refractivity contribution in [3.05, 3.63) is 42.0 Å². The zero-order valence-corrected chi connectivity index (χ0v) is 21.1. The van der Waals surface area contributed by atoms with E-state index in [1.165, 1.54) is 6.20 Å². The van der Waals surface area contributed by atoms with Crippen molar-refractivity contribution in [3.63, 3.8) is 0 Å². The third-order valence-corrected chi connectivity index (χ3v) is 8.16. The minimum absolute atomic E-state index is 0.0383. The molecule has 3 aromatic rings. The molecule has 3 unspecified atom stereocenters. The smallest absolute Gasteiger partial charge is 0.263 e. The largest absolute Gasteiger partial charge is 0.381 e. The van der Waals surface area contributed by atoms with Crippen LogP contribution in [-0.2, 0) is 0 Å². The van der Waals surface area contributed by atoms with Gasteiger partial charge in [0.25, 0.3) is 5.91 Å². The van der Waals surface area contributed by atoms with Gasteiger partial charge in [-0.3, -0.25) is 14.7 Å². The Balaban J connectivity index is 1.15. The molecule has 202 valence electrons. The maximum Gasteiger partial charge on any atom is 0.263 e. The van der Waals surface area contributed by atoms with Gasteiger partial charge in [0.1, 0.15) is 17.5 Å².